The van der Waals surface area contributed by atoms with E-state index in [2.05, 4.69) is 27.4 Å². The summed E-state index contributed by atoms with van der Waals surface area (Å²) in [6.45, 7) is 6.78. The zero-order valence-electron chi connectivity index (χ0n) is 12.1. The molecule has 0 saturated carbocycles. The lowest BCUT2D eigenvalue weighted by Gasteiger charge is -2.25. The summed E-state index contributed by atoms with van der Waals surface area (Å²) in [7, 11) is 2.03. The quantitative estimate of drug-likeness (QED) is 0.893. The van der Waals surface area contributed by atoms with E-state index in [4.69, 9.17) is 23.2 Å². The van der Waals surface area contributed by atoms with Gasteiger partial charge in [0.1, 0.15) is 0 Å². The number of hydrogen-bond acceptors (Lipinski definition) is 4. The summed E-state index contributed by atoms with van der Waals surface area (Å²) in [5.74, 6) is 0.788. The molecule has 1 aliphatic heterocycles. The lowest BCUT2D eigenvalue weighted by atomic mass is 10.1. The molecule has 0 amide bonds. The second kappa shape index (κ2) is 6.55. The van der Waals surface area contributed by atoms with Crippen LogP contribution in [0.3, 0.4) is 0 Å². The van der Waals surface area contributed by atoms with Crippen molar-refractivity contribution in [2.45, 2.75) is 20.3 Å². The zero-order valence-corrected chi connectivity index (χ0v) is 13.6. The van der Waals surface area contributed by atoms with Crippen LogP contribution in [0.15, 0.2) is 11.1 Å². The van der Waals surface area contributed by atoms with Crippen LogP contribution in [-0.2, 0) is 0 Å². The highest BCUT2D eigenvalue weighted by molar-refractivity contribution is 6.44. The Balaban J connectivity index is 2.37. The number of anilines is 2. The van der Waals surface area contributed by atoms with Crippen LogP contribution in [0.25, 0.3) is 0 Å². The maximum Gasteiger partial charge on any atom is 0.195 e. The van der Waals surface area contributed by atoms with E-state index < -0.39 is 0 Å². The Kier molecular flexibility index (Phi) is 5.00. The van der Waals surface area contributed by atoms with Gasteiger partial charge in [-0.2, -0.15) is 0 Å². The van der Waals surface area contributed by atoms with Crippen molar-refractivity contribution in [3.63, 3.8) is 0 Å². The molecule has 0 unspecified atom stereocenters. The Morgan fingerprint density at radius 2 is 2.20 bits per heavy atom. The van der Waals surface area contributed by atoms with Crippen molar-refractivity contribution in [2.24, 2.45) is 4.99 Å². The van der Waals surface area contributed by atoms with Gasteiger partial charge in [0.15, 0.2) is 5.96 Å². The molecule has 0 spiro atoms. The number of nitrogens with one attached hydrogen (secondary N) is 2. The van der Waals surface area contributed by atoms with Crippen LogP contribution in [0, 0.1) is 6.92 Å². The number of halogens is 2. The highest BCUT2D eigenvalue weighted by Gasteiger charge is 2.17. The van der Waals surface area contributed by atoms with Crippen molar-refractivity contribution >= 4 is 40.5 Å². The minimum atomic E-state index is 0.552. The number of guanidine groups is 1. The molecule has 0 bridgehead atoms. The maximum absolute atomic E-state index is 6.37. The van der Waals surface area contributed by atoms with Crippen LogP contribution in [0.2, 0.25) is 10.0 Å². The molecule has 4 nitrogen and oxygen atoms in total. The van der Waals surface area contributed by atoms with E-state index in [1.54, 1.807) is 0 Å². The molecule has 0 fully saturated rings. The molecule has 110 valence electrons. The van der Waals surface area contributed by atoms with Crippen molar-refractivity contribution in [1.82, 2.24) is 5.32 Å². The van der Waals surface area contributed by atoms with Crippen molar-refractivity contribution in [3.05, 3.63) is 21.7 Å². The molecule has 0 aliphatic carbocycles. The molecule has 1 aromatic rings. The van der Waals surface area contributed by atoms with E-state index in [0.29, 0.717) is 10.0 Å². The predicted molar refractivity (Wildman–Crippen MR) is 88.7 cm³/mol. The summed E-state index contributed by atoms with van der Waals surface area (Å²) in [6, 6.07) is 1.85. The average molecular weight is 315 g/mol. The van der Waals surface area contributed by atoms with E-state index in [0.717, 1.165) is 49.0 Å². The van der Waals surface area contributed by atoms with Crippen LogP contribution < -0.4 is 15.5 Å². The largest absolute Gasteiger partial charge is 0.373 e. The van der Waals surface area contributed by atoms with Gasteiger partial charge < -0.3 is 15.5 Å². The first-order chi connectivity index (χ1) is 9.54. The van der Waals surface area contributed by atoms with Gasteiger partial charge in [-0.25, -0.2) is 0 Å². The van der Waals surface area contributed by atoms with Gasteiger partial charge in [0.25, 0.3) is 0 Å². The fourth-order valence-electron chi connectivity index (χ4n) is 2.34. The minimum Gasteiger partial charge on any atom is -0.373 e. The van der Waals surface area contributed by atoms with E-state index in [9.17, 15) is 0 Å². The topological polar surface area (TPSA) is 39.7 Å². The van der Waals surface area contributed by atoms with Crippen LogP contribution in [0.5, 0.6) is 0 Å². The molecule has 0 aromatic heterocycles. The van der Waals surface area contributed by atoms with Crippen molar-refractivity contribution in [3.8, 4) is 0 Å². The Morgan fingerprint density at radius 3 is 2.80 bits per heavy atom. The van der Waals surface area contributed by atoms with Crippen molar-refractivity contribution < 1.29 is 0 Å². The first kappa shape index (κ1) is 15.3. The van der Waals surface area contributed by atoms with Gasteiger partial charge in [-0.15, -0.1) is 0 Å². The SMILES string of the molecule is CCCN(C)c1c(C)c(NC2=NCCN2)cc(Cl)c1Cl. The first-order valence-electron chi connectivity index (χ1n) is 6.79. The van der Waals surface area contributed by atoms with Crippen LogP contribution in [0.1, 0.15) is 18.9 Å². The number of hydrogen-bond donors (Lipinski definition) is 2. The highest BCUT2D eigenvalue weighted by Crippen LogP contribution is 2.39. The fraction of sp³-hybridized carbons (Fsp3) is 0.500. The molecule has 1 aliphatic rings. The van der Waals surface area contributed by atoms with Gasteiger partial charge in [0, 0.05) is 25.8 Å². The van der Waals surface area contributed by atoms with Gasteiger partial charge in [-0.1, -0.05) is 30.1 Å². The average Bonchev–Trinajstić information content (AvgIpc) is 2.89. The summed E-state index contributed by atoms with van der Waals surface area (Å²) in [4.78, 5) is 6.48. The predicted octanol–water partition coefficient (Wildman–Crippen LogP) is 3.52. The summed E-state index contributed by atoms with van der Waals surface area (Å²) >= 11 is 12.6. The lowest BCUT2D eigenvalue weighted by molar-refractivity contribution is 0.849. The smallest absolute Gasteiger partial charge is 0.195 e. The Hall–Kier alpha value is -1.13. The second-order valence-corrected chi connectivity index (χ2v) is 5.68. The first-order valence-corrected chi connectivity index (χ1v) is 7.55. The fourth-order valence-corrected chi connectivity index (χ4v) is 2.88. The minimum absolute atomic E-state index is 0.552. The third-order valence-corrected chi connectivity index (χ3v) is 4.09. The molecule has 20 heavy (non-hydrogen) atoms. The van der Waals surface area contributed by atoms with Crippen LogP contribution in [-0.4, -0.2) is 32.6 Å². The van der Waals surface area contributed by atoms with Gasteiger partial charge in [-0.3, -0.25) is 4.99 Å². The van der Waals surface area contributed by atoms with Gasteiger partial charge >= 0.3 is 0 Å². The Labute approximate surface area is 130 Å². The maximum atomic E-state index is 6.37. The van der Waals surface area contributed by atoms with Gasteiger partial charge in [0.2, 0.25) is 0 Å². The van der Waals surface area contributed by atoms with Crippen molar-refractivity contribution in [2.75, 3.05) is 36.9 Å². The molecule has 1 heterocycles. The molecular weight excluding hydrogens is 295 g/mol. The second-order valence-electron chi connectivity index (χ2n) is 4.90. The highest BCUT2D eigenvalue weighted by atomic mass is 35.5. The molecule has 2 N–H and O–H groups in total. The van der Waals surface area contributed by atoms with Crippen LogP contribution in [0.4, 0.5) is 11.4 Å². The molecule has 0 atom stereocenters. The monoisotopic (exact) mass is 314 g/mol. The Morgan fingerprint density at radius 1 is 1.45 bits per heavy atom. The molecule has 2 rings (SSSR count). The third-order valence-electron chi connectivity index (χ3n) is 3.32. The number of rotatable bonds is 4. The molecule has 0 radical (unpaired) electrons. The number of aliphatic imine (C=N–C) groups is 1. The molecule has 6 heteroatoms. The normalized spacial score (nSPS) is 13.9. The lowest BCUT2D eigenvalue weighted by Crippen LogP contribution is -2.27. The van der Waals surface area contributed by atoms with Gasteiger partial charge in [0.05, 0.1) is 22.3 Å². The standard InChI is InChI=1S/C14H20Cl2N4/c1-4-7-20(3)13-9(2)11(8-10(15)12(13)16)19-14-17-5-6-18-14/h8H,4-7H2,1-3H3,(H2,17,18,19). The number of benzene rings is 1. The summed E-state index contributed by atoms with van der Waals surface area (Å²) < 4.78 is 0. The van der Waals surface area contributed by atoms with E-state index in [1.807, 2.05) is 20.0 Å². The van der Waals surface area contributed by atoms with E-state index in [-0.39, 0.29) is 0 Å². The van der Waals surface area contributed by atoms with Gasteiger partial charge in [-0.05, 0) is 25.0 Å². The van der Waals surface area contributed by atoms with Crippen molar-refractivity contribution in [1.29, 1.82) is 0 Å². The molecule has 1 aromatic carbocycles. The van der Waals surface area contributed by atoms with E-state index in [1.165, 1.54) is 0 Å². The summed E-state index contributed by atoms with van der Waals surface area (Å²) in [6.07, 6.45) is 1.05. The third kappa shape index (κ3) is 3.13. The van der Waals surface area contributed by atoms with Crippen LogP contribution >= 0.6 is 23.2 Å². The molecule has 0 saturated heterocycles. The zero-order chi connectivity index (χ0) is 14.7. The summed E-state index contributed by atoms with van der Waals surface area (Å²) in [5.41, 5.74) is 2.99. The van der Waals surface area contributed by atoms with E-state index >= 15 is 0 Å². The summed E-state index contributed by atoms with van der Waals surface area (Å²) in [5, 5.41) is 7.63. The Bertz CT molecular complexity index is 528. The number of nitrogens with zero attached hydrogens (tertiary/aromatic N) is 2. The molecular formula is C14H20Cl2N4.